The van der Waals surface area contributed by atoms with Crippen LogP contribution in [-0.4, -0.2) is 42.8 Å². The first kappa shape index (κ1) is 18.9. The molecule has 148 valence electrons. The third kappa shape index (κ3) is 3.64. The number of carbonyl (C=O) groups is 1. The highest BCUT2D eigenvalue weighted by Gasteiger charge is 2.50. The monoisotopic (exact) mass is 374 g/mol. The number of benzene rings is 1. The summed E-state index contributed by atoms with van der Waals surface area (Å²) < 4.78 is 19.6. The van der Waals surface area contributed by atoms with E-state index in [4.69, 9.17) is 4.74 Å². The van der Waals surface area contributed by atoms with E-state index in [0.717, 1.165) is 50.9 Å². The Balaban J connectivity index is 1.35. The molecule has 2 heterocycles. The van der Waals surface area contributed by atoms with Crippen molar-refractivity contribution in [2.24, 2.45) is 5.92 Å². The molecular formula is C22H31FN2O2. The average molecular weight is 375 g/mol. The third-order valence-electron chi connectivity index (χ3n) is 6.63. The van der Waals surface area contributed by atoms with E-state index in [-0.39, 0.29) is 22.7 Å². The maximum atomic E-state index is 14.2. The molecular weight excluding hydrogens is 343 g/mol. The van der Waals surface area contributed by atoms with Crippen LogP contribution in [0.25, 0.3) is 0 Å². The number of piperidine rings is 1. The van der Waals surface area contributed by atoms with Crippen LogP contribution in [0, 0.1) is 11.7 Å². The molecule has 3 aliphatic rings. The summed E-state index contributed by atoms with van der Waals surface area (Å²) in [6.45, 7) is 9.10. The normalized spacial score (nSPS) is 29.2. The molecule has 5 heteroatoms. The van der Waals surface area contributed by atoms with E-state index in [0.29, 0.717) is 18.6 Å². The van der Waals surface area contributed by atoms with E-state index >= 15 is 0 Å². The van der Waals surface area contributed by atoms with Crippen LogP contribution >= 0.6 is 0 Å². The summed E-state index contributed by atoms with van der Waals surface area (Å²) in [5.74, 6) is 0.743. The van der Waals surface area contributed by atoms with Gasteiger partial charge in [-0.3, -0.25) is 10.1 Å². The SMILES string of the molecule is CC(C)(C)c1cc(C2CCN(C(=O)C3CC4(COCN4)C3)CC2)ccc1F. The Kier molecular flexibility index (Phi) is 4.79. The number of rotatable bonds is 2. The summed E-state index contributed by atoms with van der Waals surface area (Å²) in [7, 11) is 0. The fourth-order valence-corrected chi connectivity index (χ4v) is 4.88. The molecule has 1 aliphatic carbocycles. The van der Waals surface area contributed by atoms with E-state index in [1.54, 1.807) is 6.07 Å². The minimum absolute atomic E-state index is 0.0656. The Morgan fingerprint density at radius 2 is 1.96 bits per heavy atom. The third-order valence-corrected chi connectivity index (χ3v) is 6.63. The molecule has 1 amide bonds. The Morgan fingerprint density at radius 1 is 1.26 bits per heavy atom. The number of nitrogens with one attached hydrogen (secondary N) is 1. The Morgan fingerprint density at radius 3 is 2.56 bits per heavy atom. The second-order valence-electron chi connectivity index (χ2n) is 9.64. The van der Waals surface area contributed by atoms with Crippen LogP contribution in [0.3, 0.4) is 0 Å². The molecule has 0 atom stereocenters. The molecule has 4 rings (SSSR count). The Hall–Kier alpha value is -1.46. The predicted octanol–water partition coefficient (Wildman–Crippen LogP) is 3.56. The van der Waals surface area contributed by atoms with Gasteiger partial charge < -0.3 is 9.64 Å². The number of halogens is 1. The van der Waals surface area contributed by atoms with Gasteiger partial charge in [0.05, 0.1) is 13.3 Å². The molecule has 2 saturated heterocycles. The molecule has 0 bridgehead atoms. The number of amides is 1. The second kappa shape index (κ2) is 6.85. The molecule has 1 N–H and O–H groups in total. The van der Waals surface area contributed by atoms with Gasteiger partial charge in [0.1, 0.15) is 5.82 Å². The van der Waals surface area contributed by atoms with E-state index in [9.17, 15) is 9.18 Å². The summed E-state index contributed by atoms with van der Waals surface area (Å²) in [6.07, 6.45) is 3.72. The molecule has 3 fully saturated rings. The molecule has 1 saturated carbocycles. The van der Waals surface area contributed by atoms with Crippen molar-refractivity contribution < 1.29 is 13.9 Å². The minimum Gasteiger partial charge on any atom is -0.364 e. The van der Waals surface area contributed by atoms with E-state index < -0.39 is 0 Å². The van der Waals surface area contributed by atoms with Gasteiger partial charge >= 0.3 is 0 Å². The summed E-state index contributed by atoms with van der Waals surface area (Å²) in [4.78, 5) is 14.8. The van der Waals surface area contributed by atoms with Crippen molar-refractivity contribution in [3.05, 3.63) is 35.1 Å². The first-order valence-corrected chi connectivity index (χ1v) is 10.2. The van der Waals surface area contributed by atoms with Gasteiger partial charge in [-0.25, -0.2) is 4.39 Å². The van der Waals surface area contributed by atoms with Crippen LogP contribution in [0.1, 0.15) is 63.5 Å². The Labute approximate surface area is 161 Å². The van der Waals surface area contributed by atoms with Crippen molar-refractivity contribution in [3.63, 3.8) is 0 Å². The lowest BCUT2D eigenvalue weighted by atomic mass is 9.68. The fraction of sp³-hybridized carbons (Fsp3) is 0.682. The highest BCUT2D eigenvalue weighted by Crippen LogP contribution is 2.42. The van der Waals surface area contributed by atoms with Crippen LogP contribution < -0.4 is 5.32 Å². The lowest BCUT2D eigenvalue weighted by Gasteiger charge is -2.45. The van der Waals surface area contributed by atoms with Gasteiger partial charge in [-0.2, -0.15) is 0 Å². The predicted molar refractivity (Wildman–Crippen MR) is 103 cm³/mol. The molecule has 27 heavy (non-hydrogen) atoms. The minimum atomic E-state index is -0.199. The van der Waals surface area contributed by atoms with E-state index in [1.165, 1.54) is 5.56 Å². The zero-order valence-electron chi connectivity index (χ0n) is 16.7. The highest BCUT2D eigenvalue weighted by atomic mass is 19.1. The molecule has 0 aromatic heterocycles. The summed E-state index contributed by atoms with van der Waals surface area (Å²) >= 11 is 0. The second-order valence-corrected chi connectivity index (χ2v) is 9.64. The van der Waals surface area contributed by atoms with Gasteiger partial charge in [0, 0.05) is 24.5 Å². The van der Waals surface area contributed by atoms with Crippen LogP contribution in [0.5, 0.6) is 0 Å². The number of likely N-dealkylation sites (tertiary alicyclic amines) is 1. The van der Waals surface area contributed by atoms with Crippen molar-refractivity contribution >= 4 is 5.91 Å². The van der Waals surface area contributed by atoms with Crippen LogP contribution in [0.2, 0.25) is 0 Å². The summed E-state index contributed by atoms with van der Waals surface area (Å²) in [6, 6.07) is 5.57. The van der Waals surface area contributed by atoms with Gasteiger partial charge in [-0.15, -0.1) is 0 Å². The molecule has 0 radical (unpaired) electrons. The first-order valence-electron chi connectivity index (χ1n) is 10.2. The number of hydrogen-bond donors (Lipinski definition) is 1. The average Bonchev–Trinajstić information content (AvgIpc) is 3.10. The molecule has 2 aliphatic heterocycles. The molecule has 1 spiro atoms. The van der Waals surface area contributed by atoms with Gasteiger partial charge in [-0.05, 0) is 54.2 Å². The van der Waals surface area contributed by atoms with Gasteiger partial charge in [-0.1, -0.05) is 32.9 Å². The number of hydrogen-bond acceptors (Lipinski definition) is 3. The standard InChI is InChI=1S/C22H31FN2O2/c1-21(2,3)18-10-16(4-5-19(18)23)15-6-8-25(9-7-15)20(26)17-11-22(12-17)13-27-14-24-22/h4-5,10,15,17,24H,6-9,11-14H2,1-3H3. The topological polar surface area (TPSA) is 41.6 Å². The quantitative estimate of drug-likeness (QED) is 0.861. The zero-order valence-corrected chi connectivity index (χ0v) is 16.7. The molecule has 4 nitrogen and oxygen atoms in total. The van der Waals surface area contributed by atoms with Crippen molar-refractivity contribution in [2.75, 3.05) is 26.4 Å². The molecule has 0 unspecified atom stereocenters. The first-order chi connectivity index (χ1) is 12.8. The molecule has 1 aromatic carbocycles. The fourth-order valence-electron chi connectivity index (χ4n) is 4.88. The van der Waals surface area contributed by atoms with Crippen molar-refractivity contribution in [1.29, 1.82) is 0 Å². The van der Waals surface area contributed by atoms with Crippen LogP contribution in [-0.2, 0) is 14.9 Å². The van der Waals surface area contributed by atoms with E-state index in [1.807, 2.05) is 37.8 Å². The number of carbonyl (C=O) groups excluding carboxylic acids is 1. The maximum Gasteiger partial charge on any atom is 0.225 e. The van der Waals surface area contributed by atoms with Gasteiger partial charge in [0.2, 0.25) is 5.91 Å². The van der Waals surface area contributed by atoms with Gasteiger partial charge in [0.25, 0.3) is 0 Å². The highest BCUT2D eigenvalue weighted by molar-refractivity contribution is 5.80. The number of nitrogens with zero attached hydrogens (tertiary/aromatic N) is 1. The van der Waals surface area contributed by atoms with E-state index in [2.05, 4.69) is 5.32 Å². The lowest BCUT2D eigenvalue weighted by molar-refractivity contribution is -0.142. The van der Waals surface area contributed by atoms with Crippen LogP contribution in [0.4, 0.5) is 4.39 Å². The van der Waals surface area contributed by atoms with Crippen molar-refractivity contribution in [2.45, 2.75) is 63.3 Å². The van der Waals surface area contributed by atoms with Crippen molar-refractivity contribution in [3.8, 4) is 0 Å². The van der Waals surface area contributed by atoms with Crippen LogP contribution in [0.15, 0.2) is 18.2 Å². The summed E-state index contributed by atoms with van der Waals surface area (Å²) in [5, 5.41) is 3.38. The molecule has 1 aromatic rings. The van der Waals surface area contributed by atoms with Gasteiger partial charge in [0.15, 0.2) is 0 Å². The zero-order chi connectivity index (χ0) is 19.2. The summed E-state index contributed by atoms with van der Waals surface area (Å²) in [5.41, 5.74) is 1.86. The maximum absolute atomic E-state index is 14.2. The largest absolute Gasteiger partial charge is 0.364 e. The lowest BCUT2D eigenvalue weighted by Crippen LogP contribution is -2.58. The Bertz CT molecular complexity index is 706. The smallest absolute Gasteiger partial charge is 0.225 e. The number of ether oxygens (including phenoxy) is 1. The van der Waals surface area contributed by atoms with Crippen molar-refractivity contribution in [1.82, 2.24) is 10.2 Å².